The number of aromatic nitrogens is 2. The van der Waals surface area contributed by atoms with Gasteiger partial charge in [0.25, 0.3) is 5.91 Å². The predicted molar refractivity (Wildman–Crippen MR) is 106 cm³/mol. The summed E-state index contributed by atoms with van der Waals surface area (Å²) in [5, 5.41) is 10.2. The Kier molecular flexibility index (Phi) is 5.75. The van der Waals surface area contributed by atoms with E-state index in [-0.39, 0.29) is 11.8 Å². The highest BCUT2D eigenvalue weighted by Gasteiger charge is 2.29. The number of nitrogens with zero attached hydrogens (tertiary/aromatic N) is 4. The Morgan fingerprint density at radius 1 is 1.22 bits per heavy atom. The maximum Gasteiger partial charge on any atom is 0.251 e. The van der Waals surface area contributed by atoms with Gasteiger partial charge in [-0.25, -0.2) is 9.97 Å². The number of amides is 1. The van der Waals surface area contributed by atoms with Gasteiger partial charge in [0.05, 0.1) is 12.2 Å². The minimum absolute atomic E-state index is 0.208. The third kappa shape index (κ3) is 4.27. The molecule has 0 spiro atoms. The topological polar surface area (TPSA) is 69.6 Å². The molecule has 1 aliphatic heterocycles. The summed E-state index contributed by atoms with van der Waals surface area (Å²) < 4.78 is 0. The summed E-state index contributed by atoms with van der Waals surface area (Å²) in [6.07, 6.45) is 0.220. The van der Waals surface area contributed by atoms with Gasteiger partial charge >= 0.3 is 0 Å². The summed E-state index contributed by atoms with van der Waals surface area (Å²) in [5.74, 6) is 1.62. The third-order valence-corrected chi connectivity index (χ3v) is 4.79. The Bertz CT molecular complexity index is 805. The van der Waals surface area contributed by atoms with Gasteiger partial charge in [0.1, 0.15) is 11.9 Å². The fourth-order valence-corrected chi connectivity index (χ4v) is 3.44. The second kappa shape index (κ2) is 8.05. The van der Waals surface area contributed by atoms with Crippen molar-refractivity contribution in [1.29, 1.82) is 0 Å². The van der Waals surface area contributed by atoms with Gasteiger partial charge in [0.2, 0.25) is 0 Å². The molecule has 27 heavy (non-hydrogen) atoms. The summed E-state index contributed by atoms with van der Waals surface area (Å²) >= 11 is 0. The van der Waals surface area contributed by atoms with E-state index in [9.17, 15) is 9.90 Å². The molecule has 2 heterocycles. The Morgan fingerprint density at radius 3 is 2.56 bits per heavy atom. The minimum Gasteiger partial charge on any atom is -0.383 e. The highest BCUT2D eigenvalue weighted by molar-refractivity contribution is 5.81. The smallest absolute Gasteiger partial charge is 0.251 e. The minimum atomic E-state index is -0.949. The van der Waals surface area contributed by atoms with Gasteiger partial charge in [-0.2, -0.15) is 0 Å². The maximum absolute atomic E-state index is 12.6. The monoisotopic (exact) mass is 368 g/mol. The Hall–Kier alpha value is -2.47. The summed E-state index contributed by atoms with van der Waals surface area (Å²) in [7, 11) is 3.95. The van der Waals surface area contributed by atoms with Crippen LogP contribution in [0.4, 0.5) is 5.82 Å². The molecule has 6 nitrogen and oxygen atoms in total. The van der Waals surface area contributed by atoms with Crippen molar-refractivity contribution in [2.24, 2.45) is 5.92 Å². The quantitative estimate of drug-likeness (QED) is 0.878. The molecule has 0 fully saturated rings. The third-order valence-electron chi connectivity index (χ3n) is 4.79. The van der Waals surface area contributed by atoms with E-state index < -0.39 is 6.10 Å². The molecule has 3 rings (SSSR count). The van der Waals surface area contributed by atoms with Crippen molar-refractivity contribution in [3.8, 4) is 11.4 Å². The first-order valence-electron chi connectivity index (χ1n) is 9.46. The van der Waals surface area contributed by atoms with Crippen LogP contribution in [-0.2, 0) is 17.8 Å². The second-order valence-electron chi connectivity index (χ2n) is 7.71. The van der Waals surface area contributed by atoms with E-state index in [0.717, 1.165) is 22.6 Å². The molecule has 0 saturated heterocycles. The lowest BCUT2D eigenvalue weighted by Crippen LogP contribution is -2.43. The zero-order chi connectivity index (χ0) is 19.6. The summed E-state index contributed by atoms with van der Waals surface area (Å²) in [6.45, 7) is 5.00. The standard InChI is InChI=1S/C21H28N4O2/c1-14(2)12-18(26)21(27)25-11-10-16-17(13-25)22-19(23-20(16)24(3)4)15-8-6-5-7-9-15/h5-9,14,18,26H,10-13H2,1-4H3. The first-order chi connectivity index (χ1) is 12.9. The van der Waals surface area contributed by atoms with E-state index in [1.54, 1.807) is 4.90 Å². The van der Waals surface area contributed by atoms with Crippen LogP contribution in [0.15, 0.2) is 30.3 Å². The van der Waals surface area contributed by atoms with Gasteiger partial charge in [-0.1, -0.05) is 44.2 Å². The van der Waals surface area contributed by atoms with Crippen LogP contribution in [0.2, 0.25) is 0 Å². The summed E-state index contributed by atoms with van der Waals surface area (Å²) in [6, 6.07) is 9.86. The molecule has 1 amide bonds. The van der Waals surface area contributed by atoms with Crippen molar-refractivity contribution in [3.05, 3.63) is 41.6 Å². The van der Waals surface area contributed by atoms with Crippen LogP contribution in [0.1, 0.15) is 31.5 Å². The molecular formula is C21H28N4O2. The number of rotatable bonds is 5. The van der Waals surface area contributed by atoms with Crippen LogP contribution in [0.3, 0.4) is 0 Å². The number of carbonyl (C=O) groups is 1. The molecule has 2 aromatic rings. The number of anilines is 1. The van der Waals surface area contributed by atoms with Gasteiger partial charge in [0, 0.05) is 31.8 Å². The first kappa shape index (κ1) is 19.3. The van der Waals surface area contributed by atoms with Gasteiger partial charge in [-0.3, -0.25) is 4.79 Å². The number of fused-ring (bicyclic) bond motifs is 1. The molecule has 1 N–H and O–H groups in total. The summed E-state index contributed by atoms with van der Waals surface area (Å²) in [5.41, 5.74) is 2.90. The molecule has 6 heteroatoms. The van der Waals surface area contributed by atoms with Crippen LogP contribution in [0.25, 0.3) is 11.4 Å². The SMILES string of the molecule is CC(C)CC(O)C(=O)N1CCc2c(nc(-c3ccccc3)nc2N(C)C)C1. The van der Waals surface area contributed by atoms with E-state index in [4.69, 9.17) is 9.97 Å². The number of hydrogen-bond acceptors (Lipinski definition) is 5. The first-order valence-corrected chi connectivity index (χ1v) is 9.46. The molecule has 1 atom stereocenters. The van der Waals surface area contributed by atoms with Crippen molar-refractivity contribution in [1.82, 2.24) is 14.9 Å². The number of hydrogen-bond donors (Lipinski definition) is 1. The van der Waals surface area contributed by atoms with Gasteiger partial charge in [-0.05, 0) is 18.8 Å². The highest BCUT2D eigenvalue weighted by atomic mass is 16.3. The van der Waals surface area contributed by atoms with Crippen molar-refractivity contribution in [3.63, 3.8) is 0 Å². The van der Waals surface area contributed by atoms with Crippen LogP contribution in [-0.4, -0.2) is 52.6 Å². The zero-order valence-corrected chi connectivity index (χ0v) is 16.5. The Morgan fingerprint density at radius 2 is 1.93 bits per heavy atom. The molecule has 144 valence electrons. The van der Waals surface area contributed by atoms with Crippen molar-refractivity contribution >= 4 is 11.7 Å². The largest absolute Gasteiger partial charge is 0.383 e. The molecule has 0 aliphatic carbocycles. The molecule has 1 aliphatic rings. The van der Waals surface area contributed by atoms with E-state index in [1.165, 1.54) is 0 Å². The molecule has 0 radical (unpaired) electrons. The fraction of sp³-hybridized carbons (Fsp3) is 0.476. The lowest BCUT2D eigenvalue weighted by molar-refractivity contribution is -0.142. The molecule has 0 bridgehead atoms. The van der Waals surface area contributed by atoms with E-state index in [1.807, 2.05) is 63.2 Å². The van der Waals surface area contributed by atoms with Crippen LogP contribution < -0.4 is 4.90 Å². The normalized spacial score (nSPS) is 14.8. The summed E-state index contributed by atoms with van der Waals surface area (Å²) in [4.78, 5) is 25.9. The Balaban J connectivity index is 1.92. The van der Waals surface area contributed by atoms with E-state index in [0.29, 0.717) is 31.8 Å². The van der Waals surface area contributed by atoms with Crippen LogP contribution >= 0.6 is 0 Å². The average molecular weight is 368 g/mol. The van der Waals surface area contributed by atoms with Crippen LogP contribution in [0.5, 0.6) is 0 Å². The van der Waals surface area contributed by atoms with Crippen molar-refractivity contribution < 1.29 is 9.90 Å². The molecule has 1 aromatic heterocycles. The Labute approximate surface area is 160 Å². The molecule has 0 saturated carbocycles. The van der Waals surface area contributed by atoms with Crippen molar-refractivity contribution in [2.75, 3.05) is 25.5 Å². The van der Waals surface area contributed by atoms with E-state index in [2.05, 4.69) is 0 Å². The van der Waals surface area contributed by atoms with Gasteiger partial charge in [0.15, 0.2) is 5.82 Å². The lowest BCUT2D eigenvalue weighted by atomic mass is 10.0. The van der Waals surface area contributed by atoms with Gasteiger partial charge in [-0.15, -0.1) is 0 Å². The predicted octanol–water partition coefficient (Wildman–Crippen LogP) is 2.50. The van der Waals surface area contributed by atoms with Crippen molar-refractivity contribution in [2.45, 2.75) is 39.3 Å². The average Bonchev–Trinajstić information content (AvgIpc) is 2.66. The zero-order valence-electron chi connectivity index (χ0n) is 16.5. The maximum atomic E-state index is 12.6. The second-order valence-corrected chi connectivity index (χ2v) is 7.71. The number of benzene rings is 1. The fourth-order valence-electron chi connectivity index (χ4n) is 3.44. The molecule has 1 unspecified atom stereocenters. The lowest BCUT2D eigenvalue weighted by Gasteiger charge is -2.32. The van der Waals surface area contributed by atoms with Gasteiger partial charge < -0.3 is 14.9 Å². The number of carbonyl (C=O) groups excluding carboxylic acids is 1. The van der Waals surface area contributed by atoms with E-state index >= 15 is 0 Å². The molecule has 1 aromatic carbocycles. The number of aliphatic hydroxyl groups excluding tert-OH is 1. The van der Waals surface area contributed by atoms with Crippen LogP contribution in [0, 0.1) is 5.92 Å². The number of aliphatic hydroxyl groups is 1. The highest BCUT2D eigenvalue weighted by Crippen LogP contribution is 2.29. The molecular weight excluding hydrogens is 340 g/mol.